The van der Waals surface area contributed by atoms with Gasteiger partial charge in [-0.25, -0.2) is 9.97 Å². The summed E-state index contributed by atoms with van der Waals surface area (Å²) in [6.45, 7) is 4.62. The minimum absolute atomic E-state index is 0.149. The molecule has 3 rings (SSSR count). The van der Waals surface area contributed by atoms with Crippen LogP contribution in [0.2, 0.25) is 0 Å². The fourth-order valence-corrected chi connectivity index (χ4v) is 4.45. The van der Waals surface area contributed by atoms with Crippen LogP contribution in [0, 0.1) is 6.92 Å². The molecule has 2 aromatic heterocycles. The van der Waals surface area contributed by atoms with Gasteiger partial charge in [-0.15, -0.1) is 13.2 Å². The molecule has 10 heteroatoms. The van der Waals surface area contributed by atoms with Crippen molar-refractivity contribution in [1.82, 2.24) is 19.5 Å². The van der Waals surface area contributed by atoms with E-state index in [-0.39, 0.29) is 11.1 Å². The summed E-state index contributed by atoms with van der Waals surface area (Å²) >= 11 is 3.30. The number of nitrogens with zero attached hydrogens (tertiary/aromatic N) is 3. The predicted molar refractivity (Wildman–Crippen MR) is 102 cm³/mol. The van der Waals surface area contributed by atoms with Crippen LogP contribution in [0.4, 0.5) is 0 Å². The first kappa shape index (κ1) is 18.8. The van der Waals surface area contributed by atoms with Crippen LogP contribution in [0.25, 0.3) is 11.2 Å². The van der Waals surface area contributed by atoms with Gasteiger partial charge in [0, 0.05) is 0 Å². The Morgan fingerprint density at radius 3 is 2.68 bits per heavy atom. The molecule has 0 amide bonds. The van der Waals surface area contributed by atoms with E-state index in [4.69, 9.17) is 4.74 Å². The van der Waals surface area contributed by atoms with Crippen molar-refractivity contribution in [2.75, 3.05) is 19.5 Å². The zero-order valence-electron chi connectivity index (χ0n) is 14.3. The van der Waals surface area contributed by atoms with E-state index < -0.39 is 31.4 Å². The number of aromatic amines is 1. The maximum Gasteiger partial charge on any atom is 0.279 e. The maximum atomic E-state index is 12.1. The molecule has 138 valence electrons. The number of aliphatic hydroxyl groups excluding tert-OH is 2. The highest BCUT2D eigenvalue weighted by Crippen LogP contribution is 2.40. The summed E-state index contributed by atoms with van der Waals surface area (Å²) in [7, 11) is 0. The van der Waals surface area contributed by atoms with E-state index in [0.717, 1.165) is 6.16 Å². The topological polar surface area (TPSA) is 113 Å². The number of fused-ring (bicyclic) bond motifs is 1. The SMILES string of the molecule is C=P(C)(C)CC[C@H]1OC(n2c(Br)nc3c(=O)[nH]c(C)nc32)C(O)[C@@H]1O. The molecule has 3 heterocycles. The molecular formula is C15H22BrN4O4P. The summed E-state index contributed by atoms with van der Waals surface area (Å²) in [4.78, 5) is 23.1. The highest BCUT2D eigenvalue weighted by atomic mass is 79.9. The number of hydrogen-bond acceptors (Lipinski definition) is 6. The average Bonchev–Trinajstić information content (AvgIpc) is 2.95. The van der Waals surface area contributed by atoms with E-state index >= 15 is 0 Å². The average molecular weight is 433 g/mol. The van der Waals surface area contributed by atoms with Gasteiger partial charge in [-0.2, -0.15) is 0 Å². The monoisotopic (exact) mass is 432 g/mol. The van der Waals surface area contributed by atoms with Gasteiger partial charge >= 0.3 is 0 Å². The second-order valence-electron chi connectivity index (χ2n) is 7.07. The van der Waals surface area contributed by atoms with Crippen molar-refractivity contribution in [3.63, 3.8) is 0 Å². The number of nitrogens with one attached hydrogen (secondary N) is 1. The van der Waals surface area contributed by atoms with Gasteiger partial charge in [0.1, 0.15) is 18.0 Å². The fraction of sp³-hybridized carbons (Fsp3) is 0.600. The van der Waals surface area contributed by atoms with Gasteiger partial charge < -0.3 is 19.9 Å². The van der Waals surface area contributed by atoms with Crippen molar-refractivity contribution in [2.24, 2.45) is 0 Å². The first-order valence-electron chi connectivity index (χ1n) is 7.92. The van der Waals surface area contributed by atoms with E-state index in [9.17, 15) is 15.0 Å². The molecule has 8 nitrogen and oxygen atoms in total. The Morgan fingerprint density at radius 1 is 1.36 bits per heavy atom. The molecule has 0 radical (unpaired) electrons. The van der Waals surface area contributed by atoms with Crippen molar-refractivity contribution >= 4 is 40.3 Å². The lowest BCUT2D eigenvalue weighted by atomic mass is 10.1. The lowest BCUT2D eigenvalue weighted by Crippen LogP contribution is -2.32. The molecule has 0 bridgehead atoms. The highest BCUT2D eigenvalue weighted by Gasteiger charge is 2.44. The van der Waals surface area contributed by atoms with E-state index in [2.05, 4.69) is 50.5 Å². The number of halogens is 1. The molecule has 2 unspecified atom stereocenters. The van der Waals surface area contributed by atoms with E-state index in [0.29, 0.717) is 22.6 Å². The number of H-pyrrole nitrogens is 1. The number of rotatable bonds is 4. The molecule has 0 aliphatic carbocycles. The first-order chi connectivity index (χ1) is 11.6. The number of ether oxygens (including phenoxy) is 1. The molecule has 1 saturated heterocycles. The number of aliphatic hydroxyl groups is 2. The summed E-state index contributed by atoms with van der Waals surface area (Å²) in [5, 5.41) is 20.9. The second kappa shape index (κ2) is 6.63. The Bertz CT molecular complexity index is 905. The molecule has 0 spiro atoms. The summed E-state index contributed by atoms with van der Waals surface area (Å²) in [5.41, 5.74) is 0.0844. The lowest BCUT2D eigenvalue weighted by molar-refractivity contribution is -0.0366. The van der Waals surface area contributed by atoms with E-state index in [1.807, 2.05) is 0 Å². The van der Waals surface area contributed by atoms with Crippen molar-refractivity contribution in [3.8, 4) is 0 Å². The van der Waals surface area contributed by atoms with Crippen molar-refractivity contribution < 1.29 is 14.9 Å². The van der Waals surface area contributed by atoms with Crippen LogP contribution in [0.1, 0.15) is 18.5 Å². The zero-order valence-corrected chi connectivity index (χ0v) is 16.8. The Morgan fingerprint density at radius 2 is 2.04 bits per heavy atom. The molecule has 0 aromatic carbocycles. The number of aryl methyl sites for hydroxylation is 1. The third-order valence-electron chi connectivity index (χ3n) is 4.24. The third kappa shape index (κ3) is 3.61. The normalized spacial score (nSPS) is 27.3. The van der Waals surface area contributed by atoms with Crippen LogP contribution >= 0.6 is 22.8 Å². The third-order valence-corrected chi connectivity index (χ3v) is 6.26. The van der Waals surface area contributed by atoms with Crippen LogP contribution in [-0.4, -0.2) is 73.8 Å². The summed E-state index contributed by atoms with van der Waals surface area (Å²) < 4.78 is 7.75. The standard InChI is InChI=1S/C15H22BrN4O4P/c1-7-17-12-9(13(23)18-7)19-15(16)20(12)14-11(22)10(21)8(24-14)5-6-25(2,3)4/h8,10-11,14,21-22H,2,5-6H2,1,3-4H3,(H,17,18,23)/t8-,10-,11?,14?/m1/s1. The first-order valence-corrected chi connectivity index (χ1v) is 11.8. The summed E-state index contributed by atoms with van der Waals surface area (Å²) in [6, 6.07) is 0. The summed E-state index contributed by atoms with van der Waals surface area (Å²) in [6.07, 6.45) is 2.06. The molecule has 4 atom stereocenters. The van der Waals surface area contributed by atoms with Crippen molar-refractivity contribution in [2.45, 2.75) is 37.9 Å². The number of aromatic nitrogens is 4. The van der Waals surface area contributed by atoms with E-state index in [1.54, 1.807) is 6.92 Å². The Balaban J connectivity index is 1.97. The summed E-state index contributed by atoms with van der Waals surface area (Å²) in [5.74, 6) is 0.430. The maximum absolute atomic E-state index is 12.1. The van der Waals surface area contributed by atoms with Gasteiger partial charge in [-0.1, -0.05) is 0 Å². The zero-order chi connectivity index (χ0) is 18.5. The second-order valence-corrected chi connectivity index (χ2v) is 12.1. The van der Waals surface area contributed by atoms with Crippen LogP contribution in [0.15, 0.2) is 9.53 Å². The molecular weight excluding hydrogens is 411 g/mol. The van der Waals surface area contributed by atoms with Crippen LogP contribution in [0.3, 0.4) is 0 Å². The molecule has 1 aliphatic rings. The number of hydrogen-bond donors (Lipinski definition) is 3. The van der Waals surface area contributed by atoms with Gasteiger partial charge in [-0.3, -0.25) is 9.36 Å². The van der Waals surface area contributed by atoms with Crippen molar-refractivity contribution in [1.29, 1.82) is 0 Å². The molecule has 1 aliphatic heterocycles. The Kier molecular flexibility index (Phi) is 4.98. The fourth-order valence-electron chi connectivity index (χ4n) is 2.95. The van der Waals surface area contributed by atoms with Gasteiger partial charge in [0.15, 0.2) is 22.1 Å². The minimum Gasteiger partial charge on any atom is -0.388 e. The predicted octanol–water partition coefficient (Wildman–Crippen LogP) is 0.909. The van der Waals surface area contributed by atoms with Gasteiger partial charge in [0.05, 0.1) is 6.10 Å². The molecule has 3 N–H and O–H groups in total. The molecule has 0 saturated carbocycles. The van der Waals surface area contributed by atoms with Gasteiger partial charge in [0.2, 0.25) is 0 Å². The molecule has 25 heavy (non-hydrogen) atoms. The number of imidazole rings is 1. The van der Waals surface area contributed by atoms with Gasteiger partial charge in [-0.05, 0) is 48.8 Å². The van der Waals surface area contributed by atoms with Crippen LogP contribution in [0.5, 0.6) is 0 Å². The molecule has 1 fully saturated rings. The van der Waals surface area contributed by atoms with Gasteiger partial charge in [0.25, 0.3) is 5.56 Å². The Labute approximate surface area is 153 Å². The minimum atomic E-state index is -1.26. The highest BCUT2D eigenvalue weighted by molar-refractivity contribution is 9.10. The van der Waals surface area contributed by atoms with Crippen molar-refractivity contribution in [3.05, 3.63) is 20.9 Å². The largest absolute Gasteiger partial charge is 0.388 e. The lowest BCUT2D eigenvalue weighted by Gasteiger charge is -2.19. The smallest absolute Gasteiger partial charge is 0.279 e. The Hall–Kier alpha value is -0.990. The molecule has 2 aromatic rings. The van der Waals surface area contributed by atoms with E-state index in [1.165, 1.54) is 4.57 Å². The quantitative estimate of drug-likeness (QED) is 0.488. The van der Waals surface area contributed by atoms with Crippen LogP contribution in [-0.2, 0) is 4.74 Å². The van der Waals surface area contributed by atoms with Crippen LogP contribution < -0.4 is 5.56 Å².